The van der Waals surface area contributed by atoms with E-state index in [-0.39, 0.29) is 5.91 Å². The summed E-state index contributed by atoms with van der Waals surface area (Å²) in [5.41, 5.74) is 3.78. The largest absolute Gasteiger partial charge is 0.351 e. The lowest BCUT2D eigenvalue weighted by molar-refractivity contribution is 0.102. The standard InChI is InChI=1S/C17H16N2O/c1-12-3-6-15(7-4-12)18-17(20)14-5-8-16-13(11-14)9-10-19(16)2/h3-11H,1-2H3,(H,18,20). The Hall–Kier alpha value is -2.55. The fourth-order valence-electron chi connectivity index (χ4n) is 2.26. The number of anilines is 1. The predicted molar refractivity (Wildman–Crippen MR) is 82.1 cm³/mol. The van der Waals surface area contributed by atoms with Crippen molar-refractivity contribution >= 4 is 22.5 Å². The lowest BCUT2D eigenvalue weighted by Crippen LogP contribution is -2.11. The topological polar surface area (TPSA) is 34.0 Å². The number of hydrogen-bond donors (Lipinski definition) is 1. The smallest absolute Gasteiger partial charge is 0.255 e. The van der Waals surface area contributed by atoms with Crippen LogP contribution in [0.15, 0.2) is 54.7 Å². The second kappa shape index (κ2) is 4.85. The molecule has 0 spiro atoms. The van der Waals surface area contributed by atoms with Gasteiger partial charge in [-0.3, -0.25) is 4.79 Å². The molecule has 20 heavy (non-hydrogen) atoms. The van der Waals surface area contributed by atoms with E-state index in [0.29, 0.717) is 5.56 Å². The van der Waals surface area contributed by atoms with Gasteiger partial charge in [-0.2, -0.15) is 0 Å². The maximum Gasteiger partial charge on any atom is 0.255 e. The van der Waals surface area contributed by atoms with Crippen LogP contribution in [0.2, 0.25) is 0 Å². The van der Waals surface area contributed by atoms with Gasteiger partial charge in [0, 0.05) is 35.4 Å². The Balaban J connectivity index is 1.86. The van der Waals surface area contributed by atoms with Crippen LogP contribution in [0.3, 0.4) is 0 Å². The van der Waals surface area contributed by atoms with Gasteiger partial charge < -0.3 is 9.88 Å². The average Bonchev–Trinajstić information content (AvgIpc) is 2.82. The first-order valence-electron chi connectivity index (χ1n) is 6.56. The molecule has 0 unspecified atom stereocenters. The number of fused-ring (bicyclic) bond motifs is 1. The van der Waals surface area contributed by atoms with Crippen molar-refractivity contribution in [2.24, 2.45) is 7.05 Å². The van der Waals surface area contributed by atoms with Crippen LogP contribution in [0.1, 0.15) is 15.9 Å². The number of carbonyl (C=O) groups excluding carboxylic acids is 1. The first-order valence-corrected chi connectivity index (χ1v) is 6.56. The summed E-state index contributed by atoms with van der Waals surface area (Å²) in [4.78, 5) is 12.2. The summed E-state index contributed by atoms with van der Waals surface area (Å²) in [5.74, 6) is -0.0837. The molecule has 3 heteroatoms. The van der Waals surface area contributed by atoms with Crippen molar-refractivity contribution in [1.82, 2.24) is 4.57 Å². The maximum atomic E-state index is 12.2. The van der Waals surface area contributed by atoms with Crippen LogP contribution in [0, 0.1) is 6.92 Å². The number of hydrogen-bond acceptors (Lipinski definition) is 1. The number of aryl methyl sites for hydroxylation is 2. The Morgan fingerprint density at radius 1 is 1.05 bits per heavy atom. The summed E-state index contributed by atoms with van der Waals surface area (Å²) in [6, 6.07) is 15.5. The summed E-state index contributed by atoms with van der Waals surface area (Å²) >= 11 is 0. The minimum atomic E-state index is -0.0837. The zero-order valence-corrected chi connectivity index (χ0v) is 11.6. The third-order valence-electron chi connectivity index (χ3n) is 3.46. The highest BCUT2D eigenvalue weighted by Crippen LogP contribution is 2.18. The molecule has 1 heterocycles. The van der Waals surface area contributed by atoms with Gasteiger partial charge in [-0.15, -0.1) is 0 Å². The van der Waals surface area contributed by atoms with E-state index in [1.54, 1.807) is 0 Å². The molecule has 100 valence electrons. The monoisotopic (exact) mass is 264 g/mol. The lowest BCUT2D eigenvalue weighted by Gasteiger charge is -2.06. The van der Waals surface area contributed by atoms with Crippen LogP contribution >= 0.6 is 0 Å². The van der Waals surface area contributed by atoms with Gasteiger partial charge in [-0.1, -0.05) is 17.7 Å². The quantitative estimate of drug-likeness (QED) is 0.751. The number of rotatable bonds is 2. The zero-order chi connectivity index (χ0) is 14.1. The van der Waals surface area contributed by atoms with E-state index < -0.39 is 0 Å². The van der Waals surface area contributed by atoms with E-state index in [0.717, 1.165) is 16.6 Å². The van der Waals surface area contributed by atoms with E-state index in [9.17, 15) is 4.79 Å². The average molecular weight is 264 g/mol. The normalized spacial score (nSPS) is 10.7. The van der Waals surface area contributed by atoms with Gasteiger partial charge in [0.2, 0.25) is 0 Å². The molecular weight excluding hydrogens is 248 g/mol. The number of aromatic nitrogens is 1. The molecule has 0 bridgehead atoms. The summed E-state index contributed by atoms with van der Waals surface area (Å²) in [6.45, 7) is 2.02. The predicted octanol–water partition coefficient (Wildman–Crippen LogP) is 3.74. The molecule has 3 nitrogen and oxygen atoms in total. The van der Waals surface area contributed by atoms with Crippen molar-refractivity contribution in [2.45, 2.75) is 6.92 Å². The fourth-order valence-corrected chi connectivity index (χ4v) is 2.26. The Morgan fingerprint density at radius 3 is 2.55 bits per heavy atom. The molecule has 0 aliphatic carbocycles. The van der Waals surface area contributed by atoms with E-state index >= 15 is 0 Å². The minimum Gasteiger partial charge on any atom is -0.351 e. The van der Waals surface area contributed by atoms with Crippen LogP contribution in [0.5, 0.6) is 0 Å². The molecule has 3 rings (SSSR count). The van der Waals surface area contributed by atoms with E-state index in [2.05, 4.69) is 5.32 Å². The van der Waals surface area contributed by atoms with Crippen molar-refractivity contribution in [3.8, 4) is 0 Å². The number of nitrogens with one attached hydrogen (secondary N) is 1. The van der Waals surface area contributed by atoms with E-state index in [4.69, 9.17) is 0 Å². The van der Waals surface area contributed by atoms with Crippen LogP contribution in [0.25, 0.3) is 10.9 Å². The first-order chi connectivity index (χ1) is 9.63. The van der Waals surface area contributed by atoms with Crippen molar-refractivity contribution < 1.29 is 4.79 Å². The van der Waals surface area contributed by atoms with Gasteiger partial charge in [-0.25, -0.2) is 0 Å². The van der Waals surface area contributed by atoms with Crippen LogP contribution in [0.4, 0.5) is 5.69 Å². The summed E-state index contributed by atoms with van der Waals surface area (Å²) in [6.07, 6.45) is 1.99. The highest BCUT2D eigenvalue weighted by atomic mass is 16.1. The minimum absolute atomic E-state index is 0.0837. The van der Waals surface area contributed by atoms with Crippen LogP contribution in [-0.2, 0) is 7.05 Å². The Bertz CT molecular complexity index is 769. The number of benzene rings is 2. The molecule has 0 fully saturated rings. The first kappa shape index (κ1) is 12.5. The second-order valence-electron chi connectivity index (χ2n) is 5.02. The molecule has 3 aromatic rings. The number of nitrogens with zero attached hydrogens (tertiary/aromatic N) is 1. The SMILES string of the molecule is Cc1ccc(NC(=O)c2ccc3c(ccn3C)c2)cc1. The lowest BCUT2D eigenvalue weighted by atomic mass is 10.1. The van der Waals surface area contributed by atoms with Gasteiger partial charge in [0.25, 0.3) is 5.91 Å². The van der Waals surface area contributed by atoms with E-state index in [1.165, 1.54) is 5.56 Å². The van der Waals surface area contributed by atoms with Crippen molar-refractivity contribution in [1.29, 1.82) is 0 Å². The molecule has 0 atom stereocenters. The molecule has 1 N–H and O–H groups in total. The highest BCUT2D eigenvalue weighted by molar-refractivity contribution is 6.06. The van der Waals surface area contributed by atoms with Crippen molar-refractivity contribution in [3.05, 3.63) is 65.9 Å². The Labute approximate surface area is 117 Å². The third kappa shape index (κ3) is 2.30. The molecule has 0 radical (unpaired) electrons. The van der Waals surface area contributed by atoms with Crippen LogP contribution < -0.4 is 5.32 Å². The Kier molecular flexibility index (Phi) is 3.03. The molecule has 1 aromatic heterocycles. The van der Waals surface area contributed by atoms with Crippen molar-refractivity contribution in [2.75, 3.05) is 5.32 Å². The van der Waals surface area contributed by atoms with Gasteiger partial charge in [0.1, 0.15) is 0 Å². The second-order valence-corrected chi connectivity index (χ2v) is 5.02. The van der Waals surface area contributed by atoms with E-state index in [1.807, 2.05) is 73.3 Å². The highest BCUT2D eigenvalue weighted by Gasteiger charge is 2.08. The van der Waals surface area contributed by atoms with Gasteiger partial charge in [0.15, 0.2) is 0 Å². The molecular formula is C17H16N2O. The molecule has 0 aliphatic rings. The van der Waals surface area contributed by atoms with Gasteiger partial charge in [0.05, 0.1) is 0 Å². The molecule has 0 saturated heterocycles. The van der Waals surface area contributed by atoms with Gasteiger partial charge >= 0.3 is 0 Å². The maximum absolute atomic E-state index is 12.2. The van der Waals surface area contributed by atoms with Crippen molar-refractivity contribution in [3.63, 3.8) is 0 Å². The Morgan fingerprint density at radius 2 is 1.80 bits per heavy atom. The summed E-state index contributed by atoms with van der Waals surface area (Å²) in [7, 11) is 1.99. The number of amides is 1. The molecule has 0 aliphatic heterocycles. The fraction of sp³-hybridized carbons (Fsp3) is 0.118. The third-order valence-corrected chi connectivity index (χ3v) is 3.46. The molecule has 2 aromatic carbocycles. The summed E-state index contributed by atoms with van der Waals surface area (Å²) in [5, 5.41) is 3.98. The number of carbonyl (C=O) groups is 1. The van der Waals surface area contributed by atoms with Gasteiger partial charge in [-0.05, 0) is 43.3 Å². The zero-order valence-electron chi connectivity index (χ0n) is 11.6. The molecule has 1 amide bonds. The molecule has 0 saturated carbocycles. The van der Waals surface area contributed by atoms with Crippen LogP contribution in [-0.4, -0.2) is 10.5 Å². The summed E-state index contributed by atoms with van der Waals surface area (Å²) < 4.78 is 2.04.